The first-order chi connectivity index (χ1) is 6.36. The number of hydrogen-bond acceptors (Lipinski definition) is 2. The standard InChI is InChI=1S/C10H9N2O/c13-12-7-3-10(4-8-12)9-1-5-11-6-2-9/h1-8,13H/q+1. The highest BCUT2D eigenvalue weighted by atomic mass is 16.5. The van der Waals surface area contributed by atoms with E-state index in [0.29, 0.717) is 0 Å². The minimum absolute atomic E-state index is 1.02. The largest absolute Gasteiger partial charge is 0.285 e. The van der Waals surface area contributed by atoms with Gasteiger partial charge in [-0.05, 0) is 23.3 Å². The normalized spacial score (nSPS) is 9.85. The van der Waals surface area contributed by atoms with Gasteiger partial charge in [0.1, 0.15) is 0 Å². The van der Waals surface area contributed by atoms with Crippen LogP contribution in [0.25, 0.3) is 11.1 Å². The van der Waals surface area contributed by atoms with Crippen LogP contribution >= 0.6 is 0 Å². The summed E-state index contributed by atoms with van der Waals surface area (Å²) in [7, 11) is 0. The lowest BCUT2D eigenvalue weighted by Gasteiger charge is -1.96. The summed E-state index contributed by atoms with van der Waals surface area (Å²) in [4.78, 5) is 3.93. The van der Waals surface area contributed by atoms with Gasteiger partial charge < -0.3 is 0 Å². The highest BCUT2D eigenvalue weighted by Gasteiger charge is 1.99. The van der Waals surface area contributed by atoms with Crippen LogP contribution < -0.4 is 4.73 Å². The van der Waals surface area contributed by atoms with E-state index in [4.69, 9.17) is 5.21 Å². The Morgan fingerprint density at radius 1 is 0.923 bits per heavy atom. The predicted molar refractivity (Wildman–Crippen MR) is 47.1 cm³/mol. The number of pyridine rings is 2. The summed E-state index contributed by atoms with van der Waals surface area (Å²) in [5.41, 5.74) is 2.16. The topological polar surface area (TPSA) is 37.0 Å². The van der Waals surface area contributed by atoms with Gasteiger partial charge in [-0.1, -0.05) is 0 Å². The predicted octanol–water partition coefficient (Wildman–Crippen LogP) is 1.27. The van der Waals surface area contributed by atoms with Crippen molar-refractivity contribution < 1.29 is 9.94 Å². The number of aromatic nitrogens is 2. The number of rotatable bonds is 1. The van der Waals surface area contributed by atoms with Gasteiger partial charge in [0.15, 0.2) is 0 Å². The van der Waals surface area contributed by atoms with Crippen molar-refractivity contribution in [3.8, 4) is 11.1 Å². The lowest BCUT2D eigenvalue weighted by atomic mass is 10.1. The van der Waals surface area contributed by atoms with Gasteiger partial charge in [0.25, 0.3) is 0 Å². The van der Waals surface area contributed by atoms with E-state index in [1.807, 2.05) is 24.3 Å². The zero-order valence-electron chi connectivity index (χ0n) is 6.96. The summed E-state index contributed by atoms with van der Waals surface area (Å²) in [6.45, 7) is 0. The fourth-order valence-electron chi connectivity index (χ4n) is 1.16. The maximum atomic E-state index is 9.01. The molecule has 0 spiro atoms. The molecule has 0 saturated carbocycles. The van der Waals surface area contributed by atoms with Crippen molar-refractivity contribution in [2.45, 2.75) is 0 Å². The summed E-state index contributed by atoms with van der Waals surface area (Å²) in [6.07, 6.45) is 6.68. The van der Waals surface area contributed by atoms with Crippen LogP contribution in [-0.4, -0.2) is 10.2 Å². The Kier molecular flexibility index (Phi) is 1.92. The maximum Gasteiger partial charge on any atom is 0.222 e. The Hall–Kier alpha value is -1.90. The van der Waals surface area contributed by atoms with Crippen LogP contribution in [-0.2, 0) is 0 Å². The molecule has 0 unspecified atom stereocenters. The van der Waals surface area contributed by atoms with Gasteiger partial charge in [-0.15, -0.1) is 0 Å². The van der Waals surface area contributed by atoms with Gasteiger partial charge in [-0.25, -0.2) is 0 Å². The first-order valence-corrected chi connectivity index (χ1v) is 3.97. The molecule has 0 radical (unpaired) electrons. The molecule has 0 bridgehead atoms. The molecule has 0 saturated heterocycles. The van der Waals surface area contributed by atoms with Gasteiger partial charge >= 0.3 is 0 Å². The molecule has 0 aliphatic heterocycles. The zero-order valence-corrected chi connectivity index (χ0v) is 6.96. The number of nitrogens with zero attached hydrogens (tertiary/aromatic N) is 2. The molecule has 2 heterocycles. The Labute approximate surface area is 75.9 Å². The molecular weight excluding hydrogens is 164 g/mol. The van der Waals surface area contributed by atoms with E-state index in [-0.39, 0.29) is 0 Å². The summed E-state index contributed by atoms with van der Waals surface area (Å²) < 4.78 is 1.02. The van der Waals surface area contributed by atoms with Crippen LogP contribution in [0.15, 0.2) is 49.1 Å². The van der Waals surface area contributed by atoms with Crippen LogP contribution in [0.2, 0.25) is 0 Å². The van der Waals surface area contributed by atoms with E-state index in [9.17, 15) is 0 Å². The second kappa shape index (κ2) is 3.23. The fraction of sp³-hybridized carbons (Fsp3) is 0. The third kappa shape index (κ3) is 1.64. The summed E-state index contributed by atoms with van der Waals surface area (Å²) in [5, 5.41) is 9.01. The molecule has 0 aromatic carbocycles. The lowest BCUT2D eigenvalue weighted by Crippen LogP contribution is -2.27. The molecule has 64 valence electrons. The Morgan fingerprint density at radius 3 is 2.08 bits per heavy atom. The lowest BCUT2D eigenvalue weighted by molar-refractivity contribution is -0.904. The van der Waals surface area contributed by atoms with Crippen LogP contribution in [0, 0.1) is 0 Å². The smallest absolute Gasteiger partial charge is 0.222 e. The van der Waals surface area contributed by atoms with E-state index in [1.54, 1.807) is 24.8 Å². The van der Waals surface area contributed by atoms with Crippen molar-refractivity contribution in [3.63, 3.8) is 0 Å². The monoisotopic (exact) mass is 173 g/mol. The van der Waals surface area contributed by atoms with Gasteiger partial charge in [0.05, 0.1) is 0 Å². The highest BCUT2D eigenvalue weighted by molar-refractivity contribution is 5.61. The number of hydrogen-bond donors (Lipinski definition) is 1. The van der Waals surface area contributed by atoms with Crippen molar-refractivity contribution in [3.05, 3.63) is 49.1 Å². The molecule has 0 amide bonds. The third-order valence-corrected chi connectivity index (χ3v) is 1.83. The van der Waals surface area contributed by atoms with Crippen molar-refractivity contribution in [1.29, 1.82) is 0 Å². The van der Waals surface area contributed by atoms with Gasteiger partial charge in [0, 0.05) is 29.3 Å². The second-order valence-corrected chi connectivity index (χ2v) is 2.70. The van der Waals surface area contributed by atoms with E-state index in [2.05, 4.69) is 4.98 Å². The summed E-state index contributed by atoms with van der Waals surface area (Å²) >= 11 is 0. The van der Waals surface area contributed by atoms with Crippen molar-refractivity contribution in [2.75, 3.05) is 0 Å². The quantitative estimate of drug-likeness (QED) is 0.521. The molecule has 2 aromatic heterocycles. The van der Waals surface area contributed by atoms with Crippen LogP contribution in [0.4, 0.5) is 0 Å². The fourth-order valence-corrected chi connectivity index (χ4v) is 1.16. The molecule has 0 atom stereocenters. The van der Waals surface area contributed by atoms with E-state index in [0.717, 1.165) is 15.9 Å². The zero-order chi connectivity index (χ0) is 9.10. The van der Waals surface area contributed by atoms with E-state index < -0.39 is 0 Å². The summed E-state index contributed by atoms with van der Waals surface area (Å²) in [5.74, 6) is 0. The Balaban J connectivity index is 2.42. The Morgan fingerprint density at radius 2 is 1.46 bits per heavy atom. The Bertz CT molecular complexity index is 383. The molecule has 2 rings (SSSR count). The van der Waals surface area contributed by atoms with Gasteiger partial charge in [-0.3, -0.25) is 10.2 Å². The SMILES string of the molecule is O[n+]1ccc(-c2ccncc2)cc1. The van der Waals surface area contributed by atoms with E-state index >= 15 is 0 Å². The maximum absolute atomic E-state index is 9.01. The molecule has 2 aromatic rings. The first-order valence-electron chi connectivity index (χ1n) is 3.97. The van der Waals surface area contributed by atoms with Gasteiger partial charge in [0.2, 0.25) is 12.4 Å². The third-order valence-electron chi connectivity index (χ3n) is 1.83. The second-order valence-electron chi connectivity index (χ2n) is 2.70. The molecule has 1 N–H and O–H groups in total. The molecular formula is C10H9N2O+. The minimum atomic E-state index is 1.02. The highest BCUT2D eigenvalue weighted by Crippen LogP contribution is 2.15. The molecule has 3 nitrogen and oxygen atoms in total. The van der Waals surface area contributed by atoms with Crippen LogP contribution in [0.5, 0.6) is 0 Å². The first kappa shape index (κ1) is 7.73. The van der Waals surface area contributed by atoms with Crippen LogP contribution in [0.3, 0.4) is 0 Å². The average molecular weight is 173 g/mol. The molecule has 13 heavy (non-hydrogen) atoms. The van der Waals surface area contributed by atoms with Crippen LogP contribution in [0.1, 0.15) is 0 Å². The summed E-state index contributed by atoms with van der Waals surface area (Å²) in [6, 6.07) is 7.54. The van der Waals surface area contributed by atoms with Crippen molar-refractivity contribution >= 4 is 0 Å². The average Bonchev–Trinajstić information content (AvgIpc) is 2.20. The van der Waals surface area contributed by atoms with E-state index in [1.165, 1.54) is 0 Å². The van der Waals surface area contributed by atoms with Gasteiger partial charge in [-0.2, -0.15) is 0 Å². The molecule has 0 aliphatic rings. The molecule has 3 heteroatoms. The minimum Gasteiger partial charge on any atom is -0.285 e. The van der Waals surface area contributed by atoms with Crippen molar-refractivity contribution in [2.24, 2.45) is 0 Å². The van der Waals surface area contributed by atoms with Crippen molar-refractivity contribution in [1.82, 2.24) is 4.98 Å². The molecule has 0 aliphatic carbocycles. The molecule has 0 fully saturated rings.